The first-order valence-corrected chi connectivity index (χ1v) is 10.6. The van der Waals surface area contributed by atoms with Gasteiger partial charge < -0.3 is 15.6 Å². The number of halogens is 2. The molecule has 10 heteroatoms. The van der Waals surface area contributed by atoms with Gasteiger partial charge in [-0.1, -0.05) is 12.1 Å². The van der Waals surface area contributed by atoms with Crippen LogP contribution in [-0.2, 0) is 23.0 Å². The average molecular weight is 545 g/mol. The lowest BCUT2D eigenvalue weighted by molar-refractivity contribution is 0.588. The third-order valence-electron chi connectivity index (χ3n) is 4.60. The fraction of sp³-hybridized carbons (Fsp3) is 0.250. The number of nitrogens with one attached hydrogen (secondary N) is 4. The lowest BCUT2D eigenvalue weighted by Gasteiger charge is -2.12. The lowest BCUT2D eigenvalue weighted by atomic mass is 10.1. The summed E-state index contributed by atoms with van der Waals surface area (Å²) in [6.45, 7) is 1.16. The van der Waals surface area contributed by atoms with Gasteiger partial charge in [0.25, 0.3) is 0 Å². The van der Waals surface area contributed by atoms with Gasteiger partial charge in [-0.2, -0.15) is 0 Å². The second kappa shape index (κ2) is 10.7. The van der Waals surface area contributed by atoms with Crippen LogP contribution in [0.3, 0.4) is 0 Å². The molecule has 1 aromatic heterocycles. The van der Waals surface area contributed by atoms with E-state index in [-0.39, 0.29) is 34.7 Å². The third kappa shape index (κ3) is 5.92. The van der Waals surface area contributed by atoms with Gasteiger partial charge in [-0.05, 0) is 54.9 Å². The van der Waals surface area contributed by atoms with Crippen LogP contribution in [0.25, 0.3) is 10.9 Å². The molecule has 0 unspecified atom stereocenters. The van der Waals surface area contributed by atoms with E-state index in [1.807, 2.05) is 6.20 Å². The van der Waals surface area contributed by atoms with E-state index in [4.69, 9.17) is 0 Å². The number of fused-ring (bicyclic) bond motifs is 1. The zero-order chi connectivity index (χ0) is 20.9. The van der Waals surface area contributed by atoms with Gasteiger partial charge >= 0.3 is 0 Å². The van der Waals surface area contributed by atoms with Gasteiger partial charge in [0, 0.05) is 37.2 Å². The predicted octanol–water partition coefficient (Wildman–Crippen LogP) is 2.74. The molecule has 4 N–H and O–H groups in total. The molecular formula is C20H25FIN5O2S. The van der Waals surface area contributed by atoms with Crippen LogP contribution >= 0.6 is 24.0 Å². The van der Waals surface area contributed by atoms with Gasteiger partial charge in [-0.25, -0.2) is 17.5 Å². The summed E-state index contributed by atoms with van der Waals surface area (Å²) in [7, 11) is -0.362. The van der Waals surface area contributed by atoms with Gasteiger partial charge in [-0.15, -0.1) is 24.0 Å². The molecular weight excluding hydrogens is 520 g/mol. The van der Waals surface area contributed by atoms with Crippen molar-refractivity contribution in [2.75, 3.05) is 20.6 Å². The molecule has 0 aliphatic rings. The number of benzene rings is 2. The molecule has 30 heavy (non-hydrogen) atoms. The van der Waals surface area contributed by atoms with Crippen LogP contribution in [-0.4, -0.2) is 40.0 Å². The number of nitrogens with zero attached hydrogens (tertiary/aromatic N) is 1. The Bertz CT molecular complexity index is 1110. The smallest absolute Gasteiger partial charge is 0.240 e. The largest absolute Gasteiger partial charge is 0.361 e. The van der Waals surface area contributed by atoms with E-state index < -0.39 is 10.0 Å². The molecule has 0 aliphatic carbocycles. The maximum Gasteiger partial charge on any atom is 0.240 e. The van der Waals surface area contributed by atoms with Crippen LogP contribution in [0.1, 0.15) is 11.1 Å². The van der Waals surface area contributed by atoms with Crippen molar-refractivity contribution in [3.05, 3.63) is 65.6 Å². The molecule has 2 aromatic carbocycles. The average Bonchev–Trinajstić information content (AvgIpc) is 3.12. The highest BCUT2D eigenvalue weighted by molar-refractivity contribution is 14.0. The van der Waals surface area contributed by atoms with Crippen molar-refractivity contribution in [1.82, 2.24) is 20.3 Å². The van der Waals surface area contributed by atoms with Gasteiger partial charge in [0.05, 0.1) is 4.90 Å². The third-order valence-corrected chi connectivity index (χ3v) is 6.03. The Hall–Kier alpha value is -2.18. The quantitative estimate of drug-likeness (QED) is 0.209. The van der Waals surface area contributed by atoms with Crippen LogP contribution in [0, 0.1) is 5.82 Å². The summed E-state index contributed by atoms with van der Waals surface area (Å²) in [5.74, 6) is 0.382. The molecule has 0 saturated heterocycles. The van der Waals surface area contributed by atoms with Crippen molar-refractivity contribution >= 4 is 50.9 Å². The molecule has 0 atom stereocenters. The number of hydrogen-bond acceptors (Lipinski definition) is 3. The second-order valence-electron chi connectivity index (χ2n) is 6.46. The molecule has 0 aliphatic heterocycles. The highest BCUT2D eigenvalue weighted by Gasteiger charge is 2.10. The highest BCUT2D eigenvalue weighted by atomic mass is 127. The van der Waals surface area contributed by atoms with E-state index in [1.54, 1.807) is 37.4 Å². The Balaban J connectivity index is 0.00000320. The molecule has 7 nitrogen and oxygen atoms in total. The monoisotopic (exact) mass is 545 g/mol. The number of H-pyrrole nitrogens is 1. The van der Waals surface area contributed by atoms with Crippen LogP contribution in [0.5, 0.6) is 0 Å². The zero-order valence-corrected chi connectivity index (χ0v) is 19.8. The minimum atomic E-state index is -3.43. The Morgan fingerprint density at radius 2 is 1.87 bits per heavy atom. The molecule has 3 aromatic rings. The predicted molar refractivity (Wildman–Crippen MR) is 128 cm³/mol. The minimum Gasteiger partial charge on any atom is -0.361 e. The van der Waals surface area contributed by atoms with E-state index >= 15 is 0 Å². The molecule has 3 rings (SSSR count). The maximum atomic E-state index is 13.3. The number of aromatic nitrogens is 1. The first-order valence-electron chi connectivity index (χ1n) is 9.15. The van der Waals surface area contributed by atoms with Crippen molar-refractivity contribution in [3.8, 4) is 0 Å². The summed E-state index contributed by atoms with van der Waals surface area (Å²) in [4.78, 5) is 7.51. The maximum absolute atomic E-state index is 13.3. The van der Waals surface area contributed by atoms with Crippen molar-refractivity contribution in [2.45, 2.75) is 17.9 Å². The van der Waals surface area contributed by atoms with Crippen LogP contribution in [0.4, 0.5) is 4.39 Å². The molecule has 0 saturated carbocycles. The molecule has 1 heterocycles. The summed E-state index contributed by atoms with van der Waals surface area (Å²) in [5.41, 5.74) is 2.82. The van der Waals surface area contributed by atoms with Crippen molar-refractivity contribution < 1.29 is 12.8 Å². The van der Waals surface area contributed by atoms with Crippen molar-refractivity contribution in [1.29, 1.82) is 0 Å². The Kier molecular flexibility index (Phi) is 8.62. The van der Waals surface area contributed by atoms with E-state index in [0.29, 0.717) is 19.0 Å². The minimum absolute atomic E-state index is 0. The van der Waals surface area contributed by atoms with Crippen molar-refractivity contribution in [2.24, 2.45) is 4.99 Å². The summed E-state index contributed by atoms with van der Waals surface area (Å²) < 4.78 is 39.1. The van der Waals surface area contributed by atoms with Crippen LogP contribution < -0.4 is 15.4 Å². The van der Waals surface area contributed by atoms with Gasteiger partial charge in [0.2, 0.25) is 10.0 Å². The molecule has 0 amide bonds. The van der Waals surface area contributed by atoms with Gasteiger partial charge in [0.1, 0.15) is 5.82 Å². The number of sulfonamides is 1. The summed E-state index contributed by atoms with van der Waals surface area (Å²) in [5, 5.41) is 7.45. The molecule has 0 bridgehead atoms. The van der Waals surface area contributed by atoms with Gasteiger partial charge in [0.15, 0.2) is 5.96 Å². The highest BCUT2D eigenvalue weighted by Crippen LogP contribution is 2.19. The normalized spacial score (nSPS) is 11.9. The van der Waals surface area contributed by atoms with E-state index in [1.165, 1.54) is 19.2 Å². The number of guanidine groups is 1. The first-order chi connectivity index (χ1) is 13.9. The van der Waals surface area contributed by atoms with E-state index in [9.17, 15) is 12.8 Å². The number of hydrogen-bond donors (Lipinski definition) is 4. The SMILES string of the molecule is CN=C(NCCc1c[nH]c2cc(F)ccc12)NCc1ccc(S(=O)(=O)NC)cc1.I. The number of aromatic amines is 1. The van der Waals surface area contributed by atoms with Crippen LogP contribution in [0.2, 0.25) is 0 Å². The summed E-state index contributed by atoms with van der Waals surface area (Å²) in [6, 6.07) is 11.4. The fourth-order valence-corrected chi connectivity index (χ4v) is 3.72. The molecule has 0 radical (unpaired) electrons. The summed E-state index contributed by atoms with van der Waals surface area (Å²) >= 11 is 0. The van der Waals surface area contributed by atoms with E-state index in [0.717, 1.165) is 28.5 Å². The first kappa shape index (κ1) is 24.1. The van der Waals surface area contributed by atoms with Crippen molar-refractivity contribution in [3.63, 3.8) is 0 Å². The topological polar surface area (TPSA) is 98.4 Å². The standard InChI is InChI=1S/C20H24FN5O2S.HI/c1-22-20(26-12-14-3-6-17(7-4-14)29(27,28)23-2)24-10-9-15-13-25-19-11-16(21)5-8-18(15)19;/h3-8,11,13,23,25H,9-10,12H2,1-2H3,(H2,22,24,26);1H. The number of aliphatic imine (C=N–C) groups is 1. The second-order valence-corrected chi connectivity index (χ2v) is 8.34. The van der Waals surface area contributed by atoms with Gasteiger partial charge in [-0.3, -0.25) is 4.99 Å². The Labute approximate surface area is 192 Å². The number of rotatable bonds is 7. The fourth-order valence-electron chi connectivity index (χ4n) is 2.99. The Morgan fingerprint density at radius 3 is 2.53 bits per heavy atom. The molecule has 0 spiro atoms. The zero-order valence-electron chi connectivity index (χ0n) is 16.7. The lowest BCUT2D eigenvalue weighted by Crippen LogP contribution is -2.37. The molecule has 0 fully saturated rings. The molecule has 162 valence electrons. The Morgan fingerprint density at radius 1 is 1.13 bits per heavy atom. The van der Waals surface area contributed by atoms with E-state index in [2.05, 4.69) is 25.3 Å². The summed E-state index contributed by atoms with van der Waals surface area (Å²) in [6.07, 6.45) is 2.64. The van der Waals surface area contributed by atoms with Crippen LogP contribution in [0.15, 0.2) is 58.5 Å².